The van der Waals surface area contributed by atoms with Gasteiger partial charge in [-0.1, -0.05) is 23.7 Å². The second-order valence-electron chi connectivity index (χ2n) is 6.25. The van der Waals surface area contributed by atoms with Gasteiger partial charge in [0.05, 0.1) is 30.0 Å². The van der Waals surface area contributed by atoms with Crippen LogP contribution in [0.3, 0.4) is 0 Å². The number of carbonyl (C=O) groups excluding carboxylic acids is 2. The zero-order chi connectivity index (χ0) is 19.4. The van der Waals surface area contributed by atoms with Crippen LogP contribution < -0.4 is 10.6 Å². The summed E-state index contributed by atoms with van der Waals surface area (Å²) < 4.78 is 10.4. The predicted molar refractivity (Wildman–Crippen MR) is 95.5 cm³/mol. The molecule has 1 aromatic carbocycles. The molecule has 2 aromatic rings. The SMILES string of the molecule is O=C(NC[C@]1(O)CO[C@H](CNC(=O)c2ccccc2Cl)[C@H]1O)c1ccco1. The Hall–Kier alpha value is -2.39. The molecule has 2 heterocycles. The van der Waals surface area contributed by atoms with Crippen LogP contribution in [0, 0.1) is 0 Å². The molecule has 8 nitrogen and oxygen atoms in total. The van der Waals surface area contributed by atoms with Gasteiger partial charge in [0.2, 0.25) is 0 Å². The van der Waals surface area contributed by atoms with Gasteiger partial charge in [-0.25, -0.2) is 0 Å². The molecule has 2 amide bonds. The number of benzene rings is 1. The van der Waals surface area contributed by atoms with Crippen LogP contribution in [0.15, 0.2) is 47.1 Å². The molecule has 1 saturated heterocycles. The first-order valence-electron chi connectivity index (χ1n) is 8.27. The number of ether oxygens (including phenoxy) is 1. The van der Waals surface area contributed by atoms with Crippen molar-refractivity contribution in [2.45, 2.75) is 17.8 Å². The van der Waals surface area contributed by atoms with Gasteiger partial charge in [-0.05, 0) is 24.3 Å². The first-order valence-corrected chi connectivity index (χ1v) is 8.65. The first kappa shape index (κ1) is 19.4. The molecule has 1 aliphatic heterocycles. The van der Waals surface area contributed by atoms with Crippen LogP contribution >= 0.6 is 11.6 Å². The summed E-state index contributed by atoms with van der Waals surface area (Å²) in [6.07, 6.45) is -0.780. The average Bonchev–Trinajstić information content (AvgIpc) is 3.29. The van der Waals surface area contributed by atoms with Crippen molar-refractivity contribution in [1.82, 2.24) is 10.6 Å². The quantitative estimate of drug-likeness (QED) is 0.569. The summed E-state index contributed by atoms with van der Waals surface area (Å²) in [7, 11) is 0. The highest BCUT2D eigenvalue weighted by molar-refractivity contribution is 6.33. The molecule has 4 N–H and O–H groups in total. The predicted octanol–water partition coefficient (Wildman–Crippen LogP) is 0.584. The Labute approximate surface area is 160 Å². The molecular formula is C18H19ClN2O6. The van der Waals surface area contributed by atoms with Gasteiger partial charge in [-0.2, -0.15) is 0 Å². The average molecular weight is 395 g/mol. The zero-order valence-corrected chi connectivity index (χ0v) is 15.0. The van der Waals surface area contributed by atoms with Crippen molar-refractivity contribution in [3.8, 4) is 0 Å². The number of nitrogens with one attached hydrogen (secondary N) is 2. The number of aliphatic hydroxyl groups excluding tert-OH is 1. The smallest absolute Gasteiger partial charge is 0.287 e. The fraction of sp³-hybridized carbons (Fsp3) is 0.333. The number of rotatable bonds is 6. The van der Waals surface area contributed by atoms with Crippen LogP contribution in [0.25, 0.3) is 0 Å². The van der Waals surface area contributed by atoms with E-state index in [0.29, 0.717) is 10.6 Å². The van der Waals surface area contributed by atoms with E-state index in [1.165, 1.54) is 12.3 Å². The lowest BCUT2D eigenvalue weighted by molar-refractivity contribution is -0.0465. The Balaban J connectivity index is 1.53. The van der Waals surface area contributed by atoms with Crippen LogP contribution in [0.2, 0.25) is 5.02 Å². The highest BCUT2D eigenvalue weighted by Gasteiger charge is 2.48. The lowest BCUT2D eigenvalue weighted by Gasteiger charge is -2.26. The number of furan rings is 1. The largest absolute Gasteiger partial charge is 0.459 e. The monoisotopic (exact) mass is 394 g/mol. The summed E-state index contributed by atoms with van der Waals surface area (Å²) in [5.41, 5.74) is -1.38. The van der Waals surface area contributed by atoms with E-state index < -0.39 is 29.6 Å². The summed E-state index contributed by atoms with van der Waals surface area (Å²) in [6.45, 7) is -0.457. The van der Waals surface area contributed by atoms with Crippen LogP contribution in [0.1, 0.15) is 20.9 Å². The van der Waals surface area contributed by atoms with Gasteiger partial charge in [-0.3, -0.25) is 9.59 Å². The van der Waals surface area contributed by atoms with Gasteiger partial charge in [0.25, 0.3) is 11.8 Å². The molecule has 1 fully saturated rings. The van der Waals surface area contributed by atoms with E-state index in [9.17, 15) is 19.8 Å². The molecule has 0 spiro atoms. The summed E-state index contributed by atoms with van der Waals surface area (Å²) in [4.78, 5) is 24.1. The van der Waals surface area contributed by atoms with Crippen molar-refractivity contribution < 1.29 is 29.0 Å². The standard InChI is InChI=1S/C18H19ClN2O6/c19-12-5-2-1-4-11(12)16(23)20-8-14-15(22)18(25,10-27-14)9-21-17(24)13-6-3-7-26-13/h1-7,14-15,22,25H,8-10H2,(H,20,23)(H,21,24)/t14-,15-,18+/m1/s1. The molecular weight excluding hydrogens is 376 g/mol. The number of hydrogen-bond donors (Lipinski definition) is 4. The maximum Gasteiger partial charge on any atom is 0.287 e. The van der Waals surface area contributed by atoms with E-state index in [-0.39, 0.29) is 25.5 Å². The van der Waals surface area contributed by atoms with Crippen LogP contribution in [0.4, 0.5) is 0 Å². The second kappa shape index (κ2) is 8.10. The lowest BCUT2D eigenvalue weighted by Crippen LogP contribution is -2.53. The molecule has 0 aliphatic carbocycles. The van der Waals surface area contributed by atoms with Gasteiger partial charge < -0.3 is 30.0 Å². The molecule has 3 rings (SSSR count). The molecule has 9 heteroatoms. The van der Waals surface area contributed by atoms with Gasteiger partial charge in [-0.15, -0.1) is 0 Å². The van der Waals surface area contributed by atoms with Gasteiger partial charge >= 0.3 is 0 Å². The Morgan fingerprint density at radius 2 is 1.96 bits per heavy atom. The van der Waals surface area contributed by atoms with Crippen LogP contribution in [-0.2, 0) is 4.74 Å². The second-order valence-corrected chi connectivity index (χ2v) is 6.65. The third-order valence-electron chi connectivity index (χ3n) is 4.33. The minimum Gasteiger partial charge on any atom is -0.459 e. The third kappa shape index (κ3) is 4.30. The minimum atomic E-state index is -1.68. The van der Waals surface area contributed by atoms with Crippen molar-refractivity contribution in [2.75, 3.05) is 19.7 Å². The van der Waals surface area contributed by atoms with Gasteiger partial charge in [0.15, 0.2) is 5.76 Å². The number of hydrogen-bond acceptors (Lipinski definition) is 6. The lowest BCUT2D eigenvalue weighted by atomic mass is 9.96. The molecule has 1 aliphatic rings. The van der Waals surface area contributed by atoms with E-state index in [2.05, 4.69) is 10.6 Å². The number of aliphatic hydroxyl groups is 2. The van der Waals surface area contributed by atoms with Crippen molar-refractivity contribution in [3.63, 3.8) is 0 Å². The Morgan fingerprint density at radius 1 is 1.19 bits per heavy atom. The summed E-state index contributed by atoms with van der Waals surface area (Å²) >= 11 is 5.97. The fourth-order valence-corrected chi connectivity index (χ4v) is 2.98. The number of amides is 2. The van der Waals surface area contributed by atoms with Gasteiger partial charge in [0, 0.05) is 6.54 Å². The Kier molecular flexibility index (Phi) is 5.81. The number of carbonyl (C=O) groups is 2. The Morgan fingerprint density at radius 3 is 2.67 bits per heavy atom. The van der Waals surface area contributed by atoms with Crippen LogP contribution in [-0.4, -0.2) is 59.5 Å². The fourth-order valence-electron chi connectivity index (χ4n) is 2.76. The molecule has 0 bridgehead atoms. The van der Waals surface area contributed by atoms with E-state index in [4.69, 9.17) is 20.8 Å². The van der Waals surface area contributed by atoms with E-state index in [1.807, 2.05) is 0 Å². The number of halogens is 1. The normalized spacial score (nSPS) is 24.6. The van der Waals surface area contributed by atoms with E-state index in [0.717, 1.165) is 0 Å². The van der Waals surface area contributed by atoms with E-state index in [1.54, 1.807) is 30.3 Å². The van der Waals surface area contributed by atoms with Crippen molar-refractivity contribution >= 4 is 23.4 Å². The van der Waals surface area contributed by atoms with Crippen molar-refractivity contribution in [1.29, 1.82) is 0 Å². The molecule has 0 unspecified atom stereocenters. The first-order chi connectivity index (χ1) is 12.9. The molecule has 1 aromatic heterocycles. The van der Waals surface area contributed by atoms with Crippen LogP contribution in [0.5, 0.6) is 0 Å². The Bertz CT molecular complexity index is 812. The summed E-state index contributed by atoms with van der Waals surface area (Å²) in [5.74, 6) is -0.843. The maximum atomic E-state index is 12.2. The van der Waals surface area contributed by atoms with Crippen molar-refractivity contribution in [2.24, 2.45) is 0 Å². The van der Waals surface area contributed by atoms with Gasteiger partial charge in [0.1, 0.15) is 17.8 Å². The minimum absolute atomic E-state index is 0.0281. The highest BCUT2D eigenvalue weighted by Crippen LogP contribution is 2.24. The molecule has 0 saturated carbocycles. The molecule has 144 valence electrons. The topological polar surface area (TPSA) is 121 Å². The summed E-state index contributed by atoms with van der Waals surface area (Å²) in [5, 5.41) is 26.3. The summed E-state index contributed by atoms with van der Waals surface area (Å²) in [6, 6.07) is 9.60. The van der Waals surface area contributed by atoms with E-state index >= 15 is 0 Å². The van der Waals surface area contributed by atoms with Crippen molar-refractivity contribution in [3.05, 3.63) is 59.0 Å². The highest BCUT2D eigenvalue weighted by atomic mass is 35.5. The molecule has 3 atom stereocenters. The maximum absolute atomic E-state index is 12.2. The molecule has 0 radical (unpaired) electrons. The third-order valence-corrected chi connectivity index (χ3v) is 4.66. The molecule has 27 heavy (non-hydrogen) atoms. The zero-order valence-electron chi connectivity index (χ0n) is 14.2.